The summed E-state index contributed by atoms with van der Waals surface area (Å²) in [5, 5.41) is 12.2. The van der Waals surface area contributed by atoms with Gasteiger partial charge in [0.25, 0.3) is 0 Å². The molecule has 1 aromatic carbocycles. The van der Waals surface area contributed by atoms with Gasteiger partial charge in [-0.1, -0.05) is 24.6 Å². The molecule has 1 unspecified atom stereocenters. The van der Waals surface area contributed by atoms with E-state index < -0.39 is 0 Å². The molecule has 5 nitrogen and oxygen atoms in total. The van der Waals surface area contributed by atoms with E-state index in [1.54, 1.807) is 6.20 Å². The monoisotopic (exact) mass is 317 g/mol. The molecule has 22 heavy (non-hydrogen) atoms. The summed E-state index contributed by atoms with van der Waals surface area (Å²) in [6.07, 6.45) is 4.08. The summed E-state index contributed by atoms with van der Waals surface area (Å²) in [5.74, 6) is 2.05. The highest BCUT2D eigenvalue weighted by atomic mass is 35.5. The number of hydrogen-bond donors (Lipinski definition) is 1. The Morgan fingerprint density at radius 3 is 3.05 bits per heavy atom. The molecule has 1 aliphatic heterocycles. The first-order valence-corrected chi connectivity index (χ1v) is 7.97. The van der Waals surface area contributed by atoms with Gasteiger partial charge >= 0.3 is 0 Å². The minimum atomic E-state index is 0.670. The fraction of sp³-hybridized carbons (Fsp3) is 0.438. The third-order valence-electron chi connectivity index (χ3n) is 3.95. The maximum Gasteiger partial charge on any atom is 0.247 e. The van der Waals surface area contributed by atoms with Crippen LogP contribution in [0.4, 0.5) is 17.5 Å². The molecule has 1 N–H and O–H groups in total. The molecule has 2 aromatic rings. The van der Waals surface area contributed by atoms with Gasteiger partial charge in [-0.15, -0.1) is 5.10 Å². The van der Waals surface area contributed by atoms with Crippen LogP contribution >= 0.6 is 11.6 Å². The van der Waals surface area contributed by atoms with Gasteiger partial charge in [-0.05, 0) is 43.4 Å². The van der Waals surface area contributed by atoms with E-state index in [9.17, 15) is 0 Å². The Morgan fingerprint density at radius 2 is 2.23 bits per heavy atom. The van der Waals surface area contributed by atoms with Crippen molar-refractivity contribution < 1.29 is 0 Å². The predicted molar refractivity (Wildman–Crippen MR) is 89.9 cm³/mol. The summed E-state index contributed by atoms with van der Waals surface area (Å²) in [5.41, 5.74) is 2.04. The lowest BCUT2D eigenvalue weighted by Crippen LogP contribution is -2.35. The first kappa shape index (κ1) is 15.0. The number of nitrogens with one attached hydrogen (secondary N) is 1. The van der Waals surface area contributed by atoms with Crippen molar-refractivity contribution in [2.45, 2.75) is 26.7 Å². The molecule has 0 aliphatic carbocycles. The molecule has 1 aromatic heterocycles. The molecule has 1 saturated heterocycles. The van der Waals surface area contributed by atoms with Crippen molar-refractivity contribution in [1.29, 1.82) is 0 Å². The SMILES string of the molecule is Cc1ccc(Cl)cc1Nc1cnnc(N2CCCC(C)C2)n1. The van der Waals surface area contributed by atoms with Gasteiger partial charge in [0.05, 0.1) is 6.20 Å². The molecular formula is C16H20ClN5. The number of anilines is 3. The van der Waals surface area contributed by atoms with Gasteiger partial charge in [-0.25, -0.2) is 0 Å². The average molecular weight is 318 g/mol. The summed E-state index contributed by atoms with van der Waals surface area (Å²) >= 11 is 6.06. The van der Waals surface area contributed by atoms with Gasteiger partial charge in [0.1, 0.15) is 0 Å². The standard InChI is InChI=1S/C16H20ClN5/c1-11-4-3-7-22(10-11)16-20-15(9-18-21-16)19-14-8-13(17)6-5-12(14)2/h5-6,8-9,11H,3-4,7,10H2,1-2H3,(H,19,20,21). The molecule has 1 aliphatic rings. The molecule has 0 spiro atoms. The number of rotatable bonds is 3. The van der Waals surface area contributed by atoms with E-state index in [2.05, 4.69) is 32.3 Å². The lowest BCUT2D eigenvalue weighted by molar-refractivity contribution is 0.441. The molecule has 116 valence electrons. The van der Waals surface area contributed by atoms with Gasteiger partial charge in [0.15, 0.2) is 5.82 Å². The Labute approximate surface area is 135 Å². The highest BCUT2D eigenvalue weighted by molar-refractivity contribution is 6.30. The lowest BCUT2D eigenvalue weighted by Gasteiger charge is -2.30. The van der Waals surface area contributed by atoms with Crippen molar-refractivity contribution in [3.05, 3.63) is 35.0 Å². The first-order chi connectivity index (χ1) is 10.6. The van der Waals surface area contributed by atoms with Crippen molar-refractivity contribution in [1.82, 2.24) is 15.2 Å². The molecule has 0 saturated carbocycles. The van der Waals surface area contributed by atoms with E-state index in [0.29, 0.717) is 22.7 Å². The fourth-order valence-corrected chi connectivity index (χ4v) is 2.90. The van der Waals surface area contributed by atoms with Crippen molar-refractivity contribution in [2.24, 2.45) is 5.92 Å². The van der Waals surface area contributed by atoms with Crippen molar-refractivity contribution in [2.75, 3.05) is 23.3 Å². The zero-order valence-corrected chi connectivity index (χ0v) is 13.6. The Hall–Kier alpha value is -1.88. The highest BCUT2D eigenvalue weighted by Gasteiger charge is 2.19. The molecule has 0 bridgehead atoms. The minimum Gasteiger partial charge on any atom is -0.339 e. The summed E-state index contributed by atoms with van der Waals surface area (Å²) in [6, 6.07) is 5.75. The van der Waals surface area contributed by atoms with E-state index >= 15 is 0 Å². The van der Waals surface area contributed by atoms with E-state index in [1.807, 2.05) is 25.1 Å². The van der Waals surface area contributed by atoms with E-state index in [-0.39, 0.29) is 0 Å². The van der Waals surface area contributed by atoms with Crippen LogP contribution in [0.2, 0.25) is 5.02 Å². The van der Waals surface area contributed by atoms with Crippen LogP contribution in [0.5, 0.6) is 0 Å². The largest absolute Gasteiger partial charge is 0.339 e. The molecule has 0 radical (unpaired) electrons. The molecular weight excluding hydrogens is 298 g/mol. The van der Waals surface area contributed by atoms with Crippen LogP contribution in [0.3, 0.4) is 0 Å². The van der Waals surface area contributed by atoms with Crippen molar-refractivity contribution in [3.8, 4) is 0 Å². The predicted octanol–water partition coefficient (Wildman–Crippen LogP) is 3.81. The quantitative estimate of drug-likeness (QED) is 0.932. The van der Waals surface area contributed by atoms with Crippen molar-refractivity contribution >= 4 is 29.1 Å². The van der Waals surface area contributed by atoms with Crippen LogP contribution in [0.25, 0.3) is 0 Å². The van der Waals surface area contributed by atoms with Crippen LogP contribution in [-0.4, -0.2) is 28.3 Å². The molecule has 6 heteroatoms. The number of halogens is 1. The number of benzene rings is 1. The van der Waals surface area contributed by atoms with Crippen LogP contribution in [0.1, 0.15) is 25.3 Å². The van der Waals surface area contributed by atoms with Crippen LogP contribution in [0, 0.1) is 12.8 Å². The van der Waals surface area contributed by atoms with Gasteiger partial charge in [0, 0.05) is 23.8 Å². The maximum absolute atomic E-state index is 6.06. The second-order valence-corrected chi connectivity index (χ2v) is 6.36. The third-order valence-corrected chi connectivity index (χ3v) is 4.18. The topological polar surface area (TPSA) is 53.9 Å². The Balaban J connectivity index is 1.80. The normalized spacial score (nSPS) is 18.3. The van der Waals surface area contributed by atoms with E-state index in [0.717, 1.165) is 24.3 Å². The minimum absolute atomic E-state index is 0.670. The smallest absolute Gasteiger partial charge is 0.247 e. The number of aryl methyl sites for hydroxylation is 1. The number of aromatic nitrogens is 3. The number of hydrogen-bond acceptors (Lipinski definition) is 5. The molecule has 1 atom stereocenters. The van der Waals surface area contributed by atoms with Gasteiger partial charge in [-0.3, -0.25) is 0 Å². The maximum atomic E-state index is 6.06. The first-order valence-electron chi connectivity index (χ1n) is 7.59. The highest BCUT2D eigenvalue weighted by Crippen LogP contribution is 2.24. The summed E-state index contributed by atoms with van der Waals surface area (Å²) in [4.78, 5) is 6.80. The second-order valence-electron chi connectivity index (χ2n) is 5.92. The summed E-state index contributed by atoms with van der Waals surface area (Å²) in [6.45, 7) is 6.27. The fourth-order valence-electron chi connectivity index (χ4n) is 2.73. The summed E-state index contributed by atoms with van der Waals surface area (Å²) in [7, 11) is 0. The van der Waals surface area contributed by atoms with Gasteiger partial charge in [0.2, 0.25) is 5.95 Å². The molecule has 1 fully saturated rings. The Bertz CT molecular complexity index is 661. The summed E-state index contributed by atoms with van der Waals surface area (Å²) < 4.78 is 0. The zero-order valence-electron chi connectivity index (χ0n) is 12.9. The molecule has 3 rings (SSSR count). The average Bonchev–Trinajstić information content (AvgIpc) is 2.51. The van der Waals surface area contributed by atoms with Gasteiger partial charge in [-0.2, -0.15) is 10.1 Å². The molecule has 0 amide bonds. The van der Waals surface area contributed by atoms with Gasteiger partial charge < -0.3 is 10.2 Å². The molecule has 2 heterocycles. The Morgan fingerprint density at radius 1 is 1.36 bits per heavy atom. The van der Waals surface area contributed by atoms with Crippen LogP contribution in [-0.2, 0) is 0 Å². The van der Waals surface area contributed by atoms with Crippen LogP contribution < -0.4 is 10.2 Å². The number of nitrogens with zero attached hydrogens (tertiary/aromatic N) is 4. The van der Waals surface area contributed by atoms with Crippen molar-refractivity contribution in [3.63, 3.8) is 0 Å². The van der Waals surface area contributed by atoms with E-state index in [1.165, 1.54) is 12.8 Å². The Kier molecular flexibility index (Phi) is 4.43. The van der Waals surface area contributed by atoms with E-state index in [4.69, 9.17) is 11.6 Å². The number of piperidine rings is 1. The third kappa shape index (κ3) is 3.47. The second kappa shape index (κ2) is 6.48. The zero-order chi connectivity index (χ0) is 15.5. The lowest BCUT2D eigenvalue weighted by atomic mass is 10.0. The van der Waals surface area contributed by atoms with Crippen LogP contribution in [0.15, 0.2) is 24.4 Å².